The first-order valence-electron chi connectivity index (χ1n) is 5.20. The molecule has 1 aromatic rings. The maximum Gasteiger partial charge on any atom is 0.193 e. The van der Waals surface area contributed by atoms with Crippen molar-refractivity contribution in [2.24, 2.45) is 0 Å². The largest absolute Gasteiger partial charge is 0.370 e. The van der Waals surface area contributed by atoms with E-state index in [4.69, 9.17) is 0 Å². The number of nitrogens with one attached hydrogen (secondary N) is 2. The fraction of sp³-hybridized carbons (Fsp3) is 0.250. The number of hydrogen-bond donors (Lipinski definition) is 2. The van der Waals surface area contributed by atoms with Crippen LogP contribution in [-0.4, -0.2) is 18.9 Å². The molecule has 1 aromatic carbocycles. The molecule has 0 aromatic heterocycles. The van der Waals surface area contributed by atoms with E-state index in [2.05, 4.69) is 10.6 Å². The van der Waals surface area contributed by atoms with E-state index in [1.54, 1.807) is 0 Å². The van der Waals surface area contributed by atoms with Crippen LogP contribution in [0, 0.1) is 0 Å². The van der Waals surface area contributed by atoms with Crippen molar-refractivity contribution in [1.29, 1.82) is 0 Å². The van der Waals surface area contributed by atoms with E-state index in [0.29, 0.717) is 0 Å². The maximum absolute atomic E-state index is 12.0. The van der Waals surface area contributed by atoms with Crippen molar-refractivity contribution in [3.8, 4) is 0 Å². The molecule has 3 rings (SSSR count). The predicted octanol–water partition coefficient (Wildman–Crippen LogP) is 0.830. The first kappa shape index (κ1) is 8.53. The predicted molar refractivity (Wildman–Crippen MR) is 57.5 cm³/mol. The first-order chi connectivity index (χ1) is 7.36. The minimum atomic E-state index is 0.169. The molecule has 15 heavy (non-hydrogen) atoms. The van der Waals surface area contributed by atoms with Crippen LogP contribution in [-0.2, 0) is 6.42 Å². The highest BCUT2D eigenvalue weighted by Gasteiger charge is 2.28. The van der Waals surface area contributed by atoms with Gasteiger partial charge in [-0.15, -0.1) is 0 Å². The Bertz CT molecular complexity index is 454. The zero-order valence-electron chi connectivity index (χ0n) is 8.34. The van der Waals surface area contributed by atoms with Gasteiger partial charge in [-0.2, -0.15) is 0 Å². The van der Waals surface area contributed by atoms with Crippen molar-refractivity contribution < 1.29 is 4.79 Å². The third-order valence-electron chi connectivity index (χ3n) is 2.93. The molecule has 1 heterocycles. The summed E-state index contributed by atoms with van der Waals surface area (Å²) in [5.74, 6) is 1.10. The molecule has 0 saturated carbocycles. The van der Waals surface area contributed by atoms with Crippen molar-refractivity contribution in [1.82, 2.24) is 10.6 Å². The molecule has 0 atom stereocenters. The van der Waals surface area contributed by atoms with Crippen molar-refractivity contribution in [3.63, 3.8) is 0 Å². The van der Waals surface area contributed by atoms with Gasteiger partial charge >= 0.3 is 0 Å². The lowest BCUT2D eigenvalue weighted by molar-refractivity contribution is 0.103. The number of rotatable bonds is 0. The zero-order valence-corrected chi connectivity index (χ0v) is 8.34. The summed E-state index contributed by atoms with van der Waals surface area (Å²) in [5.41, 5.74) is 2.88. The highest BCUT2D eigenvalue weighted by molar-refractivity contribution is 6.13. The van der Waals surface area contributed by atoms with E-state index in [0.717, 1.165) is 42.0 Å². The number of ketones is 1. The average molecular weight is 200 g/mol. The van der Waals surface area contributed by atoms with Crippen LogP contribution in [0.4, 0.5) is 0 Å². The Morgan fingerprint density at radius 3 is 2.53 bits per heavy atom. The van der Waals surface area contributed by atoms with Crippen molar-refractivity contribution in [3.05, 3.63) is 46.8 Å². The lowest BCUT2D eigenvalue weighted by atomic mass is 10.1. The van der Waals surface area contributed by atoms with Gasteiger partial charge in [0.15, 0.2) is 5.78 Å². The van der Waals surface area contributed by atoms with E-state index in [1.165, 1.54) is 0 Å². The Hall–Kier alpha value is -1.77. The standard InChI is InChI=1S/C12H12N2O/c15-11-9-4-2-1-3-8(9)7-10(11)12-13-5-6-14-12/h1-4,13-14H,5-7H2. The van der Waals surface area contributed by atoms with Crippen LogP contribution in [0.25, 0.3) is 0 Å². The number of benzene rings is 1. The van der Waals surface area contributed by atoms with Crippen LogP contribution < -0.4 is 10.6 Å². The normalized spacial score (nSPS) is 18.8. The van der Waals surface area contributed by atoms with E-state index < -0.39 is 0 Å². The summed E-state index contributed by atoms with van der Waals surface area (Å²) >= 11 is 0. The van der Waals surface area contributed by atoms with Gasteiger partial charge in [0.05, 0.1) is 0 Å². The summed E-state index contributed by atoms with van der Waals surface area (Å²) in [4.78, 5) is 12.0. The van der Waals surface area contributed by atoms with Crippen molar-refractivity contribution in [2.75, 3.05) is 13.1 Å². The van der Waals surface area contributed by atoms with E-state index in [-0.39, 0.29) is 5.78 Å². The monoisotopic (exact) mass is 200 g/mol. The second kappa shape index (κ2) is 3.12. The highest BCUT2D eigenvalue weighted by Crippen LogP contribution is 2.27. The molecule has 1 aliphatic heterocycles. The summed E-state index contributed by atoms with van der Waals surface area (Å²) in [7, 11) is 0. The lowest BCUT2D eigenvalue weighted by Gasteiger charge is -2.02. The van der Waals surface area contributed by atoms with Gasteiger partial charge < -0.3 is 10.6 Å². The molecule has 0 unspecified atom stereocenters. The maximum atomic E-state index is 12.0. The fourth-order valence-electron chi connectivity index (χ4n) is 2.18. The van der Waals surface area contributed by atoms with Crippen LogP contribution in [0.1, 0.15) is 15.9 Å². The molecule has 0 spiro atoms. The lowest BCUT2D eigenvalue weighted by Crippen LogP contribution is -2.16. The van der Waals surface area contributed by atoms with Crippen molar-refractivity contribution >= 4 is 5.78 Å². The number of carbonyl (C=O) groups excluding carboxylic acids is 1. The summed E-state index contributed by atoms with van der Waals surface area (Å²) in [6.45, 7) is 1.81. The van der Waals surface area contributed by atoms with Gasteiger partial charge in [0.1, 0.15) is 5.82 Å². The SMILES string of the molecule is O=C1C(=C2NCCN2)Cc2ccccc21. The highest BCUT2D eigenvalue weighted by atomic mass is 16.1. The van der Waals surface area contributed by atoms with Crippen molar-refractivity contribution in [2.45, 2.75) is 6.42 Å². The molecule has 1 aliphatic carbocycles. The average Bonchev–Trinajstić information content (AvgIpc) is 2.87. The Balaban J connectivity index is 2.06. The molecule has 2 N–H and O–H groups in total. The minimum Gasteiger partial charge on any atom is -0.370 e. The van der Waals surface area contributed by atoms with Gasteiger partial charge in [-0.1, -0.05) is 24.3 Å². The molecule has 1 fully saturated rings. The summed E-state index contributed by atoms with van der Waals surface area (Å²) in [5, 5.41) is 6.42. The quantitative estimate of drug-likeness (QED) is 0.609. The summed E-state index contributed by atoms with van der Waals surface area (Å²) < 4.78 is 0. The van der Waals surface area contributed by atoms with Gasteiger partial charge in [0.2, 0.25) is 0 Å². The molecule has 2 aliphatic rings. The Kier molecular flexibility index (Phi) is 1.78. The number of allylic oxidation sites excluding steroid dienone is 1. The van der Waals surface area contributed by atoms with Gasteiger partial charge in [-0.3, -0.25) is 4.79 Å². The van der Waals surface area contributed by atoms with Crippen LogP contribution >= 0.6 is 0 Å². The summed E-state index contributed by atoms with van der Waals surface area (Å²) in [6, 6.07) is 7.82. The van der Waals surface area contributed by atoms with E-state index in [9.17, 15) is 4.79 Å². The van der Waals surface area contributed by atoms with Gasteiger partial charge in [0.25, 0.3) is 0 Å². The Morgan fingerprint density at radius 2 is 1.80 bits per heavy atom. The number of hydrogen-bond acceptors (Lipinski definition) is 3. The smallest absolute Gasteiger partial charge is 0.193 e. The number of fused-ring (bicyclic) bond motifs is 1. The minimum absolute atomic E-state index is 0.169. The molecule has 0 radical (unpaired) electrons. The molecule has 0 amide bonds. The second-order valence-electron chi connectivity index (χ2n) is 3.87. The van der Waals surface area contributed by atoms with Crippen LogP contribution in [0.15, 0.2) is 35.7 Å². The third kappa shape index (κ3) is 1.23. The first-order valence-corrected chi connectivity index (χ1v) is 5.20. The molecular formula is C12H12N2O. The van der Waals surface area contributed by atoms with Gasteiger partial charge in [0, 0.05) is 30.6 Å². The molecule has 1 saturated heterocycles. The van der Waals surface area contributed by atoms with Crippen LogP contribution in [0.5, 0.6) is 0 Å². The summed E-state index contributed by atoms with van der Waals surface area (Å²) in [6.07, 6.45) is 0.754. The molecule has 3 heteroatoms. The number of Topliss-reactive ketones (excluding diaryl/α,β-unsaturated/α-hetero) is 1. The fourth-order valence-corrected chi connectivity index (χ4v) is 2.18. The molecule has 3 nitrogen and oxygen atoms in total. The topological polar surface area (TPSA) is 41.1 Å². The van der Waals surface area contributed by atoms with Gasteiger partial charge in [-0.05, 0) is 5.56 Å². The molecular weight excluding hydrogens is 188 g/mol. The molecule has 76 valence electrons. The van der Waals surface area contributed by atoms with Crippen LogP contribution in [0.3, 0.4) is 0 Å². The third-order valence-corrected chi connectivity index (χ3v) is 2.93. The van der Waals surface area contributed by atoms with Crippen LogP contribution in [0.2, 0.25) is 0 Å². The molecule has 0 bridgehead atoms. The Labute approximate surface area is 88.2 Å². The number of carbonyl (C=O) groups is 1. The second-order valence-corrected chi connectivity index (χ2v) is 3.87. The zero-order chi connectivity index (χ0) is 10.3. The van der Waals surface area contributed by atoms with E-state index >= 15 is 0 Å². The Morgan fingerprint density at radius 1 is 1.07 bits per heavy atom. The van der Waals surface area contributed by atoms with E-state index in [1.807, 2.05) is 24.3 Å². The van der Waals surface area contributed by atoms with Gasteiger partial charge in [-0.25, -0.2) is 0 Å².